The Balaban J connectivity index is 1.32. The van der Waals surface area contributed by atoms with Gasteiger partial charge in [-0.15, -0.1) is 0 Å². The van der Waals surface area contributed by atoms with E-state index in [9.17, 15) is 9.59 Å². The van der Waals surface area contributed by atoms with Gasteiger partial charge in [-0.3, -0.25) is 19.5 Å². The van der Waals surface area contributed by atoms with E-state index < -0.39 is 11.3 Å². The first-order chi connectivity index (χ1) is 19.5. The van der Waals surface area contributed by atoms with Crippen LogP contribution in [0.25, 0.3) is 16.7 Å². The molecular formula is C29H28N8O3. The monoisotopic (exact) mass is 536 g/mol. The van der Waals surface area contributed by atoms with Gasteiger partial charge in [-0.25, -0.2) is 15.4 Å². The van der Waals surface area contributed by atoms with Gasteiger partial charge in [0, 0.05) is 30.2 Å². The Morgan fingerprint density at radius 1 is 1.07 bits per heavy atom. The molecule has 1 amide bonds. The first-order valence-electron chi connectivity index (χ1n) is 13.1. The van der Waals surface area contributed by atoms with Gasteiger partial charge < -0.3 is 9.88 Å². The molecule has 0 aliphatic heterocycles. The Hall–Kier alpha value is -4.90. The van der Waals surface area contributed by atoms with E-state index in [1.807, 2.05) is 37.3 Å². The highest BCUT2D eigenvalue weighted by Crippen LogP contribution is 2.26. The number of hydroxylamine groups is 1. The van der Waals surface area contributed by atoms with Crippen molar-refractivity contribution >= 4 is 28.6 Å². The molecule has 3 N–H and O–H groups in total. The number of carbonyl (C=O) groups is 1. The molecule has 6 rings (SSSR count). The standard InChI is InChI=1S/C29H28N8O3/c1-17-31-25(35-34-17)13-8-18-6-10-21(11-7-18)32-29-30-15-23-26(38)24(28(39)36-40-2)16-37(27(23)33-29)22-12-9-19-4-3-5-20(19)14-22/h6-7,9-12,14-16H,3-5,8,13H2,1-2H3,(H,36,39)(H,30,32,33)(H,31,34,35). The highest BCUT2D eigenvalue weighted by molar-refractivity contribution is 5.96. The maximum atomic E-state index is 13.2. The normalized spacial score (nSPS) is 12.4. The molecule has 1 aliphatic rings. The van der Waals surface area contributed by atoms with Crippen LogP contribution in [0.3, 0.4) is 0 Å². The van der Waals surface area contributed by atoms with Crippen molar-refractivity contribution in [2.24, 2.45) is 0 Å². The van der Waals surface area contributed by atoms with Crippen molar-refractivity contribution in [1.29, 1.82) is 0 Å². The Kier molecular flexibility index (Phi) is 6.79. The van der Waals surface area contributed by atoms with Crippen molar-refractivity contribution in [3.63, 3.8) is 0 Å². The number of anilines is 2. The van der Waals surface area contributed by atoms with Crippen LogP contribution in [0.4, 0.5) is 11.6 Å². The molecule has 0 atom stereocenters. The molecule has 0 spiro atoms. The summed E-state index contributed by atoms with van der Waals surface area (Å²) in [7, 11) is 1.32. The molecule has 3 aromatic heterocycles. The number of hydrogen-bond donors (Lipinski definition) is 3. The lowest BCUT2D eigenvalue weighted by Gasteiger charge is -2.15. The lowest BCUT2D eigenvalue weighted by molar-refractivity contribution is 0.0536. The maximum Gasteiger partial charge on any atom is 0.280 e. The van der Waals surface area contributed by atoms with E-state index >= 15 is 0 Å². The van der Waals surface area contributed by atoms with Gasteiger partial charge in [0.15, 0.2) is 11.5 Å². The Morgan fingerprint density at radius 3 is 2.67 bits per heavy atom. The fourth-order valence-corrected chi connectivity index (χ4v) is 5.03. The number of carbonyl (C=O) groups excluding carboxylic acids is 1. The second kappa shape index (κ2) is 10.7. The number of H-pyrrole nitrogens is 1. The molecule has 11 heteroatoms. The topological polar surface area (TPSA) is 140 Å². The summed E-state index contributed by atoms with van der Waals surface area (Å²) in [4.78, 5) is 44.1. The van der Waals surface area contributed by atoms with Crippen LogP contribution >= 0.6 is 0 Å². The van der Waals surface area contributed by atoms with E-state index in [2.05, 4.69) is 43.1 Å². The lowest BCUT2D eigenvalue weighted by Crippen LogP contribution is -2.29. The van der Waals surface area contributed by atoms with Crippen LogP contribution in [-0.4, -0.2) is 42.7 Å². The predicted octanol–water partition coefficient (Wildman–Crippen LogP) is 3.52. The fraction of sp³-hybridized carbons (Fsp3) is 0.241. The van der Waals surface area contributed by atoms with Crippen LogP contribution in [0.5, 0.6) is 0 Å². The number of fused-ring (bicyclic) bond motifs is 2. The minimum absolute atomic E-state index is 0.0602. The summed E-state index contributed by atoms with van der Waals surface area (Å²) in [6.07, 6.45) is 7.68. The van der Waals surface area contributed by atoms with Crippen molar-refractivity contribution in [3.8, 4) is 5.69 Å². The molecule has 0 unspecified atom stereocenters. The highest BCUT2D eigenvalue weighted by Gasteiger charge is 2.19. The second-order valence-electron chi connectivity index (χ2n) is 9.77. The summed E-state index contributed by atoms with van der Waals surface area (Å²) in [5.74, 6) is 1.30. The molecule has 5 aromatic rings. The van der Waals surface area contributed by atoms with Gasteiger partial charge in [-0.2, -0.15) is 10.1 Å². The summed E-state index contributed by atoms with van der Waals surface area (Å²) in [5.41, 5.74) is 7.46. The largest absolute Gasteiger partial charge is 0.324 e. The molecule has 2 aromatic carbocycles. The van der Waals surface area contributed by atoms with Crippen molar-refractivity contribution in [2.75, 3.05) is 12.4 Å². The average molecular weight is 537 g/mol. The third kappa shape index (κ3) is 5.06. The van der Waals surface area contributed by atoms with Crippen LogP contribution in [0.1, 0.15) is 45.1 Å². The average Bonchev–Trinajstić information content (AvgIpc) is 3.61. The van der Waals surface area contributed by atoms with E-state index in [0.29, 0.717) is 11.6 Å². The van der Waals surface area contributed by atoms with Crippen LogP contribution in [0.15, 0.2) is 59.7 Å². The zero-order valence-corrected chi connectivity index (χ0v) is 22.2. The number of aryl methyl sites for hydroxylation is 5. The molecule has 0 radical (unpaired) electrons. The first kappa shape index (κ1) is 25.4. The van der Waals surface area contributed by atoms with Gasteiger partial charge in [0.05, 0.1) is 12.5 Å². The van der Waals surface area contributed by atoms with Crippen LogP contribution in [0.2, 0.25) is 0 Å². The zero-order valence-electron chi connectivity index (χ0n) is 22.2. The molecule has 202 valence electrons. The Labute approximate surface area is 229 Å². The van der Waals surface area contributed by atoms with Gasteiger partial charge in [0.25, 0.3) is 5.91 Å². The van der Waals surface area contributed by atoms with Gasteiger partial charge in [-0.1, -0.05) is 18.2 Å². The smallest absolute Gasteiger partial charge is 0.280 e. The van der Waals surface area contributed by atoms with Crippen LogP contribution < -0.4 is 16.2 Å². The van der Waals surface area contributed by atoms with Gasteiger partial charge in [0.2, 0.25) is 11.4 Å². The number of rotatable bonds is 8. The van der Waals surface area contributed by atoms with Crippen molar-refractivity contribution in [3.05, 3.63) is 99.0 Å². The van der Waals surface area contributed by atoms with Gasteiger partial charge >= 0.3 is 0 Å². The van der Waals surface area contributed by atoms with Gasteiger partial charge in [-0.05, 0) is 73.6 Å². The van der Waals surface area contributed by atoms with E-state index in [1.54, 1.807) is 4.57 Å². The summed E-state index contributed by atoms with van der Waals surface area (Å²) in [6.45, 7) is 1.88. The molecule has 0 fully saturated rings. The SMILES string of the molecule is CONC(=O)c1cn(-c2ccc3c(c2)CCC3)c2nc(Nc3ccc(CCc4n[nH]c(C)n4)cc3)ncc2c1=O. The number of nitrogens with zero attached hydrogens (tertiary/aromatic N) is 5. The molecule has 0 bridgehead atoms. The molecule has 0 saturated carbocycles. The van der Waals surface area contributed by atoms with Gasteiger partial charge in [0.1, 0.15) is 11.4 Å². The molecule has 40 heavy (non-hydrogen) atoms. The minimum atomic E-state index is -0.634. The van der Waals surface area contributed by atoms with Crippen LogP contribution in [0, 0.1) is 6.92 Å². The summed E-state index contributed by atoms with van der Waals surface area (Å²) < 4.78 is 1.76. The number of benzene rings is 2. The quantitative estimate of drug-likeness (QED) is 0.256. The van der Waals surface area contributed by atoms with E-state index in [4.69, 9.17) is 9.82 Å². The zero-order chi connectivity index (χ0) is 27.6. The first-order valence-corrected chi connectivity index (χ1v) is 13.1. The van der Waals surface area contributed by atoms with E-state index in [0.717, 1.165) is 60.7 Å². The number of hydrogen-bond acceptors (Lipinski definition) is 8. The second-order valence-corrected chi connectivity index (χ2v) is 9.77. The molecule has 3 heterocycles. The Bertz CT molecular complexity index is 1780. The van der Waals surface area contributed by atoms with E-state index in [1.165, 1.54) is 30.6 Å². The predicted molar refractivity (Wildman–Crippen MR) is 150 cm³/mol. The number of nitrogens with one attached hydrogen (secondary N) is 3. The minimum Gasteiger partial charge on any atom is -0.324 e. The summed E-state index contributed by atoms with van der Waals surface area (Å²) in [6, 6.07) is 14.2. The Morgan fingerprint density at radius 2 is 1.90 bits per heavy atom. The third-order valence-electron chi connectivity index (χ3n) is 7.03. The number of aromatic amines is 1. The van der Waals surface area contributed by atoms with Crippen LogP contribution in [-0.2, 0) is 30.5 Å². The summed E-state index contributed by atoms with van der Waals surface area (Å²) >= 11 is 0. The van der Waals surface area contributed by atoms with E-state index in [-0.39, 0.29) is 10.9 Å². The van der Waals surface area contributed by atoms with Crippen molar-refractivity contribution in [1.82, 2.24) is 35.2 Å². The fourth-order valence-electron chi connectivity index (χ4n) is 5.03. The van der Waals surface area contributed by atoms with Crippen molar-refractivity contribution < 1.29 is 9.63 Å². The van der Waals surface area contributed by atoms with Crippen molar-refractivity contribution in [2.45, 2.75) is 39.0 Å². The number of amides is 1. The highest BCUT2D eigenvalue weighted by atomic mass is 16.6. The third-order valence-corrected chi connectivity index (χ3v) is 7.03. The molecule has 0 saturated heterocycles. The summed E-state index contributed by atoms with van der Waals surface area (Å²) in [5, 5.41) is 10.5. The molecular weight excluding hydrogens is 508 g/mol. The maximum absolute atomic E-state index is 13.2. The molecule has 11 nitrogen and oxygen atoms in total. The molecule has 1 aliphatic carbocycles. The number of aromatic nitrogens is 6. The number of pyridine rings is 1. The lowest BCUT2D eigenvalue weighted by atomic mass is 10.1.